The van der Waals surface area contributed by atoms with E-state index in [1.54, 1.807) is 20.8 Å². The molecule has 0 unspecified atom stereocenters. The second-order valence-electron chi connectivity index (χ2n) is 3.95. The molecule has 0 saturated carbocycles. The predicted octanol–water partition coefficient (Wildman–Crippen LogP) is 1.46. The van der Waals surface area contributed by atoms with Crippen LogP contribution in [0.4, 0.5) is 0 Å². The predicted molar refractivity (Wildman–Crippen MR) is 64.1 cm³/mol. The molecule has 5 heteroatoms. The first-order valence-electron chi connectivity index (χ1n) is 5.29. The van der Waals surface area contributed by atoms with Crippen LogP contribution >= 0.6 is 11.8 Å². The van der Waals surface area contributed by atoms with E-state index in [0.717, 1.165) is 11.8 Å². The Morgan fingerprint density at radius 2 is 1.88 bits per heavy atom. The third-order valence-electron chi connectivity index (χ3n) is 2.69. The summed E-state index contributed by atoms with van der Waals surface area (Å²) in [7, 11) is 1.21. The van der Waals surface area contributed by atoms with Crippen LogP contribution in [0.15, 0.2) is 0 Å². The van der Waals surface area contributed by atoms with Crippen LogP contribution in [0.25, 0.3) is 0 Å². The SMILES string of the molecule is CCSC(=O)[C@@H](C)[C@](O)(C(=O)OC)C(C)C. The summed E-state index contributed by atoms with van der Waals surface area (Å²) in [5.74, 6) is -1.28. The number of carbonyl (C=O) groups excluding carboxylic acids is 2. The van der Waals surface area contributed by atoms with Gasteiger partial charge < -0.3 is 9.84 Å². The summed E-state index contributed by atoms with van der Waals surface area (Å²) in [6, 6.07) is 0. The zero-order valence-corrected chi connectivity index (χ0v) is 11.3. The van der Waals surface area contributed by atoms with Crippen LogP contribution in [0.3, 0.4) is 0 Å². The molecule has 0 fully saturated rings. The van der Waals surface area contributed by atoms with Crippen LogP contribution in [0.1, 0.15) is 27.7 Å². The van der Waals surface area contributed by atoms with Crippen molar-refractivity contribution in [2.75, 3.05) is 12.9 Å². The van der Waals surface area contributed by atoms with Crippen LogP contribution in [-0.2, 0) is 14.3 Å². The van der Waals surface area contributed by atoms with Crippen molar-refractivity contribution in [3.8, 4) is 0 Å². The summed E-state index contributed by atoms with van der Waals surface area (Å²) in [5.41, 5.74) is -1.74. The highest BCUT2D eigenvalue weighted by molar-refractivity contribution is 8.13. The number of aliphatic hydroxyl groups is 1. The number of hydrogen-bond acceptors (Lipinski definition) is 5. The first kappa shape index (κ1) is 15.4. The summed E-state index contributed by atoms with van der Waals surface area (Å²) < 4.78 is 4.58. The van der Waals surface area contributed by atoms with Crippen molar-refractivity contribution in [3.05, 3.63) is 0 Å². The zero-order chi connectivity index (χ0) is 12.9. The molecule has 0 aliphatic carbocycles. The standard InChI is InChI=1S/C11H20O4S/c1-6-16-9(12)8(4)11(14,7(2)3)10(13)15-5/h7-8,14H,6H2,1-5H3/t8-,11+/m1/s1. The lowest BCUT2D eigenvalue weighted by molar-refractivity contribution is -0.175. The molecule has 4 nitrogen and oxygen atoms in total. The maximum atomic E-state index is 11.7. The third-order valence-corrected chi connectivity index (χ3v) is 3.62. The van der Waals surface area contributed by atoms with Gasteiger partial charge in [0.25, 0.3) is 0 Å². The molecule has 0 heterocycles. The third kappa shape index (κ3) is 2.98. The van der Waals surface area contributed by atoms with Gasteiger partial charge in [-0.05, 0) is 11.7 Å². The Hall–Kier alpha value is -0.550. The molecule has 0 bridgehead atoms. The fraction of sp³-hybridized carbons (Fsp3) is 0.818. The number of rotatable bonds is 5. The number of ether oxygens (including phenoxy) is 1. The van der Waals surface area contributed by atoms with Gasteiger partial charge in [0.05, 0.1) is 13.0 Å². The molecule has 0 saturated heterocycles. The lowest BCUT2D eigenvalue weighted by Gasteiger charge is -2.33. The first-order valence-corrected chi connectivity index (χ1v) is 6.28. The summed E-state index contributed by atoms with van der Waals surface area (Å²) in [5, 5.41) is 10.1. The van der Waals surface area contributed by atoms with E-state index in [2.05, 4.69) is 4.74 Å². The Morgan fingerprint density at radius 1 is 1.38 bits per heavy atom. The van der Waals surface area contributed by atoms with E-state index < -0.39 is 17.5 Å². The minimum Gasteiger partial charge on any atom is -0.467 e. The van der Waals surface area contributed by atoms with Gasteiger partial charge >= 0.3 is 5.97 Å². The van der Waals surface area contributed by atoms with Crippen LogP contribution in [0.5, 0.6) is 0 Å². The quantitative estimate of drug-likeness (QED) is 0.746. The molecular weight excluding hydrogens is 228 g/mol. The molecule has 0 aromatic heterocycles. The van der Waals surface area contributed by atoms with E-state index in [1.165, 1.54) is 7.11 Å². The fourth-order valence-corrected chi connectivity index (χ4v) is 2.24. The molecule has 0 aromatic rings. The molecule has 2 atom stereocenters. The van der Waals surface area contributed by atoms with Gasteiger partial charge in [0.2, 0.25) is 0 Å². The van der Waals surface area contributed by atoms with Gasteiger partial charge in [0.15, 0.2) is 10.7 Å². The molecule has 1 N–H and O–H groups in total. The molecule has 0 rings (SSSR count). The highest BCUT2D eigenvalue weighted by Gasteiger charge is 2.48. The van der Waals surface area contributed by atoms with Crippen LogP contribution in [0.2, 0.25) is 0 Å². The molecule has 0 aromatic carbocycles. The molecule has 0 aliphatic heterocycles. The largest absolute Gasteiger partial charge is 0.467 e. The average molecular weight is 248 g/mol. The average Bonchev–Trinajstić information content (AvgIpc) is 2.25. The van der Waals surface area contributed by atoms with Gasteiger partial charge in [0, 0.05) is 0 Å². The summed E-state index contributed by atoms with van der Waals surface area (Å²) in [6.45, 7) is 6.79. The maximum Gasteiger partial charge on any atom is 0.338 e. The van der Waals surface area contributed by atoms with E-state index in [0.29, 0.717) is 5.75 Å². The number of carbonyl (C=O) groups is 2. The lowest BCUT2D eigenvalue weighted by atomic mass is 9.80. The maximum absolute atomic E-state index is 11.7. The van der Waals surface area contributed by atoms with E-state index in [9.17, 15) is 14.7 Å². The number of thioether (sulfide) groups is 1. The number of methoxy groups -OCH3 is 1. The van der Waals surface area contributed by atoms with Crippen molar-refractivity contribution in [2.45, 2.75) is 33.3 Å². The Bertz CT molecular complexity index is 265. The van der Waals surface area contributed by atoms with Gasteiger partial charge in [-0.25, -0.2) is 4.79 Å². The molecule has 0 radical (unpaired) electrons. The van der Waals surface area contributed by atoms with Crippen LogP contribution < -0.4 is 0 Å². The molecule has 0 spiro atoms. The molecule has 94 valence electrons. The second-order valence-corrected chi connectivity index (χ2v) is 5.21. The van der Waals surface area contributed by atoms with Crippen LogP contribution in [-0.4, -0.2) is 34.7 Å². The minimum absolute atomic E-state index is 0.191. The number of esters is 1. The monoisotopic (exact) mass is 248 g/mol. The topological polar surface area (TPSA) is 63.6 Å². The number of hydrogen-bond donors (Lipinski definition) is 1. The Labute approximate surface area is 101 Å². The van der Waals surface area contributed by atoms with Gasteiger partial charge in [-0.3, -0.25) is 4.79 Å². The molecule has 0 amide bonds. The van der Waals surface area contributed by atoms with E-state index >= 15 is 0 Å². The van der Waals surface area contributed by atoms with Gasteiger partial charge in [-0.2, -0.15) is 0 Å². The minimum atomic E-state index is -1.74. The van der Waals surface area contributed by atoms with Crippen LogP contribution in [0, 0.1) is 11.8 Å². The zero-order valence-electron chi connectivity index (χ0n) is 10.4. The summed E-state index contributed by atoms with van der Waals surface area (Å²) in [4.78, 5) is 23.3. The normalized spacial score (nSPS) is 16.7. The molecule has 16 heavy (non-hydrogen) atoms. The van der Waals surface area contributed by atoms with Crippen molar-refractivity contribution < 1.29 is 19.4 Å². The van der Waals surface area contributed by atoms with Crippen molar-refractivity contribution >= 4 is 22.8 Å². The Balaban J connectivity index is 5.05. The van der Waals surface area contributed by atoms with Crippen molar-refractivity contribution in [2.24, 2.45) is 11.8 Å². The molecule has 0 aliphatic rings. The van der Waals surface area contributed by atoms with Crippen molar-refractivity contribution in [3.63, 3.8) is 0 Å². The summed E-state index contributed by atoms with van der Waals surface area (Å²) in [6.07, 6.45) is 0. The van der Waals surface area contributed by atoms with Gasteiger partial charge in [-0.15, -0.1) is 0 Å². The first-order chi connectivity index (χ1) is 7.32. The van der Waals surface area contributed by atoms with Crippen molar-refractivity contribution in [1.29, 1.82) is 0 Å². The second kappa shape index (κ2) is 6.25. The van der Waals surface area contributed by atoms with E-state index in [4.69, 9.17) is 0 Å². The molecular formula is C11H20O4S. The smallest absolute Gasteiger partial charge is 0.338 e. The highest BCUT2D eigenvalue weighted by Crippen LogP contribution is 2.31. The highest BCUT2D eigenvalue weighted by atomic mass is 32.2. The van der Waals surface area contributed by atoms with Crippen molar-refractivity contribution in [1.82, 2.24) is 0 Å². The van der Waals surface area contributed by atoms with Gasteiger partial charge in [0.1, 0.15) is 0 Å². The van der Waals surface area contributed by atoms with E-state index in [1.807, 2.05) is 6.92 Å². The summed E-state index contributed by atoms with van der Waals surface area (Å²) >= 11 is 1.10. The Morgan fingerprint density at radius 3 is 2.19 bits per heavy atom. The van der Waals surface area contributed by atoms with Gasteiger partial charge in [-0.1, -0.05) is 39.5 Å². The van der Waals surface area contributed by atoms with E-state index in [-0.39, 0.29) is 11.0 Å². The lowest BCUT2D eigenvalue weighted by Crippen LogP contribution is -2.52. The Kier molecular flexibility index (Phi) is 6.04. The fourth-order valence-electron chi connectivity index (χ4n) is 1.52.